The Hall–Kier alpha value is -0.790. The molecule has 5 heteroatoms. The number of halogens is 1. The van der Waals surface area contributed by atoms with Crippen molar-refractivity contribution in [3.63, 3.8) is 0 Å². The second-order valence-corrected chi connectivity index (χ2v) is 5.57. The molecule has 1 aliphatic carbocycles. The molecule has 1 amide bonds. The summed E-state index contributed by atoms with van der Waals surface area (Å²) in [6, 6.07) is 2.61. The van der Waals surface area contributed by atoms with Gasteiger partial charge in [-0.25, -0.2) is 0 Å². The van der Waals surface area contributed by atoms with Crippen LogP contribution in [0.3, 0.4) is 0 Å². The fourth-order valence-corrected chi connectivity index (χ4v) is 3.63. The van der Waals surface area contributed by atoms with E-state index in [1.165, 1.54) is 25.7 Å². The average Bonchev–Trinajstić information content (AvgIpc) is 2.87. The number of fused-ring (bicyclic) bond motifs is 3. The summed E-state index contributed by atoms with van der Waals surface area (Å²) >= 11 is 0. The Labute approximate surface area is 114 Å². The zero-order valence-corrected chi connectivity index (χ0v) is 11.3. The quantitative estimate of drug-likeness (QED) is 0.784. The van der Waals surface area contributed by atoms with Crippen LogP contribution in [0, 0.1) is 17.2 Å². The van der Waals surface area contributed by atoms with E-state index in [1.54, 1.807) is 4.90 Å². The molecule has 0 spiro atoms. The molecule has 18 heavy (non-hydrogen) atoms. The molecule has 4 nitrogen and oxygen atoms in total. The summed E-state index contributed by atoms with van der Waals surface area (Å²) in [5.74, 6) is 0.691. The van der Waals surface area contributed by atoms with Gasteiger partial charge < -0.3 is 10.2 Å². The third-order valence-corrected chi connectivity index (χ3v) is 4.61. The number of hydrogen-bond acceptors (Lipinski definition) is 3. The van der Waals surface area contributed by atoms with Crippen LogP contribution in [-0.2, 0) is 4.79 Å². The number of nitriles is 1. The highest BCUT2D eigenvalue weighted by atomic mass is 35.5. The van der Waals surface area contributed by atoms with Crippen molar-refractivity contribution in [1.29, 1.82) is 5.26 Å². The first kappa shape index (κ1) is 13.6. The monoisotopic (exact) mass is 269 g/mol. The molecule has 0 unspecified atom stereocenters. The second-order valence-electron chi connectivity index (χ2n) is 5.57. The molecule has 3 aliphatic heterocycles. The Balaban J connectivity index is 0.00000120. The minimum absolute atomic E-state index is 0. The lowest BCUT2D eigenvalue weighted by Crippen LogP contribution is -2.59. The van der Waals surface area contributed by atoms with Crippen molar-refractivity contribution in [1.82, 2.24) is 10.2 Å². The van der Waals surface area contributed by atoms with Crippen LogP contribution in [-0.4, -0.2) is 35.5 Å². The van der Waals surface area contributed by atoms with E-state index in [9.17, 15) is 4.79 Å². The predicted octanol–water partition coefficient (Wildman–Crippen LogP) is 1.45. The number of likely N-dealkylation sites (tertiary alicyclic amines) is 1. The highest BCUT2D eigenvalue weighted by molar-refractivity contribution is 5.85. The van der Waals surface area contributed by atoms with Crippen LogP contribution in [0.1, 0.15) is 38.5 Å². The minimum atomic E-state index is -0.176. The molecule has 2 atom stereocenters. The average molecular weight is 270 g/mol. The second kappa shape index (κ2) is 5.46. The third kappa shape index (κ3) is 2.22. The fraction of sp³-hybridized carbons (Fsp3) is 0.846. The summed E-state index contributed by atoms with van der Waals surface area (Å²) in [6.45, 7) is 0.770. The van der Waals surface area contributed by atoms with Gasteiger partial charge in [0.2, 0.25) is 5.91 Å². The van der Waals surface area contributed by atoms with Gasteiger partial charge in [-0.05, 0) is 44.4 Å². The van der Waals surface area contributed by atoms with E-state index >= 15 is 0 Å². The fourth-order valence-electron chi connectivity index (χ4n) is 3.63. The molecule has 4 fully saturated rings. The normalized spacial score (nSPS) is 38.1. The van der Waals surface area contributed by atoms with Crippen LogP contribution in [0.15, 0.2) is 0 Å². The number of carbonyl (C=O) groups is 1. The van der Waals surface area contributed by atoms with E-state index in [2.05, 4.69) is 11.4 Å². The highest BCUT2D eigenvalue weighted by Crippen LogP contribution is 2.34. The van der Waals surface area contributed by atoms with Gasteiger partial charge in [0, 0.05) is 12.6 Å². The Bertz CT molecular complexity index is 360. The van der Waals surface area contributed by atoms with Gasteiger partial charge in [0.05, 0.1) is 12.1 Å². The van der Waals surface area contributed by atoms with E-state index in [-0.39, 0.29) is 30.4 Å². The first-order valence-corrected chi connectivity index (χ1v) is 6.76. The number of nitrogens with zero attached hydrogens (tertiary/aromatic N) is 2. The van der Waals surface area contributed by atoms with Crippen molar-refractivity contribution < 1.29 is 4.79 Å². The molecule has 0 radical (unpaired) electrons. The number of carbonyl (C=O) groups excluding carboxylic acids is 1. The van der Waals surface area contributed by atoms with Gasteiger partial charge in [0.15, 0.2) is 0 Å². The lowest BCUT2D eigenvalue weighted by atomic mass is 9.76. The SMILES string of the molecule is Cl.N#C[C@@H]1CCCN1C(=O)[C@H]1NC2CCC1CC2. The molecular weight excluding hydrogens is 250 g/mol. The van der Waals surface area contributed by atoms with Gasteiger partial charge in [-0.2, -0.15) is 5.26 Å². The smallest absolute Gasteiger partial charge is 0.241 e. The molecular formula is C13H20ClN3O. The first-order chi connectivity index (χ1) is 8.29. The van der Waals surface area contributed by atoms with Crippen LogP contribution < -0.4 is 5.32 Å². The summed E-state index contributed by atoms with van der Waals surface area (Å²) in [7, 11) is 0. The van der Waals surface area contributed by atoms with E-state index in [0.29, 0.717) is 12.0 Å². The van der Waals surface area contributed by atoms with Crippen LogP contribution in [0.4, 0.5) is 0 Å². The molecule has 1 saturated carbocycles. The number of amides is 1. The van der Waals surface area contributed by atoms with Crippen LogP contribution in [0.2, 0.25) is 0 Å². The number of nitrogens with one attached hydrogen (secondary N) is 1. The molecule has 0 aromatic heterocycles. The standard InChI is InChI=1S/C13H19N3O.ClH/c14-8-11-2-1-7-16(11)13(17)12-9-3-5-10(15-12)6-4-9;/h9-12,15H,1-7H2;1H/t9?,10?,11-,12-;/m0./s1. The zero-order chi connectivity index (χ0) is 11.8. The predicted molar refractivity (Wildman–Crippen MR) is 70.3 cm³/mol. The summed E-state index contributed by atoms with van der Waals surface area (Å²) in [5.41, 5.74) is 0. The van der Waals surface area contributed by atoms with Crippen molar-refractivity contribution >= 4 is 18.3 Å². The van der Waals surface area contributed by atoms with E-state index in [4.69, 9.17) is 5.26 Å². The van der Waals surface area contributed by atoms with Crippen molar-refractivity contribution in [3.8, 4) is 6.07 Å². The van der Waals surface area contributed by atoms with E-state index < -0.39 is 0 Å². The lowest BCUT2D eigenvalue weighted by Gasteiger charge is -2.44. The zero-order valence-electron chi connectivity index (χ0n) is 10.5. The number of hydrogen-bond donors (Lipinski definition) is 1. The topological polar surface area (TPSA) is 56.1 Å². The van der Waals surface area contributed by atoms with Crippen molar-refractivity contribution in [2.24, 2.45) is 5.92 Å². The van der Waals surface area contributed by atoms with Crippen molar-refractivity contribution in [2.75, 3.05) is 6.54 Å². The van der Waals surface area contributed by atoms with Gasteiger partial charge in [0.25, 0.3) is 0 Å². The Morgan fingerprint density at radius 1 is 1.22 bits per heavy atom. The number of piperidine rings is 2. The maximum absolute atomic E-state index is 12.5. The van der Waals surface area contributed by atoms with E-state index in [0.717, 1.165) is 19.4 Å². The highest BCUT2D eigenvalue weighted by Gasteiger charge is 2.42. The lowest BCUT2D eigenvalue weighted by molar-refractivity contribution is -0.137. The molecule has 0 aromatic carbocycles. The van der Waals surface area contributed by atoms with Crippen LogP contribution >= 0.6 is 12.4 Å². The first-order valence-electron chi connectivity index (χ1n) is 6.76. The van der Waals surface area contributed by atoms with Gasteiger partial charge in [-0.3, -0.25) is 4.79 Å². The Kier molecular flexibility index (Phi) is 4.14. The molecule has 2 bridgehead atoms. The molecule has 0 aromatic rings. The summed E-state index contributed by atoms with van der Waals surface area (Å²) < 4.78 is 0. The van der Waals surface area contributed by atoms with Crippen LogP contribution in [0.5, 0.6) is 0 Å². The molecule has 4 aliphatic rings. The Morgan fingerprint density at radius 2 is 1.94 bits per heavy atom. The van der Waals surface area contributed by atoms with Gasteiger partial charge in [0.1, 0.15) is 6.04 Å². The molecule has 3 heterocycles. The van der Waals surface area contributed by atoms with Gasteiger partial charge in [-0.15, -0.1) is 12.4 Å². The maximum Gasteiger partial charge on any atom is 0.241 e. The molecule has 100 valence electrons. The number of rotatable bonds is 1. The molecule has 3 saturated heterocycles. The van der Waals surface area contributed by atoms with Crippen molar-refractivity contribution in [3.05, 3.63) is 0 Å². The van der Waals surface area contributed by atoms with Crippen molar-refractivity contribution in [2.45, 2.75) is 56.7 Å². The summed E-state index contributed by atoms with van der Waals surface area (Å²) in [4.78, 5) is 14.3. The largest absolute Gasteiger partial charge is 0.325 e. The van der Waals surface area contributed by atoms with Gasteiger partial charge in [-0.1, -0.05) is 0 Å². The summed E-state index contributed by atoms with van der Waals surface area (Å²) in [5, 5.41) is 12.5. The Morgan fingerprint density at radius 3 is 2.50 bits per heavy atom. The molecule has 4 rings (SSSR count). The maximum atomic E-state index is 12.5. The third-order valence-electron chi connectivity index (χ3n) is 4.61. The van der Waals surface area contributed by atoms with E-state index in [1.807, 2.05) is 0 Å². The minimum Gasteiger partial charge on any atom is -0.325 e. The summed E-state index contributed by atoms with van der Waals surface area (Å²) in [6.07, 6.45) is 6.62. The molecule has 1 N–H and O–H groups in total. The van der Waals surface area contributed by atoms with Crippen LogP contribution in [0.25, 0.3) is 0 Å². The van der Waals surface area contributed by atoms with Gasteiger partial charge >= 0.3 is 0 Å².